The van der Waals surface area contributed by atoms with Crippen LogP contribution in [-0.2, 0) is 11.1 Å². The molecule has 0 spiro atoms. The van der Waals surface area contributed by atoms with E-state index in [0.29, 0.717) is 10.0 Å². The monoisotopic (exact) mass is 253 g/mol. The Bertz CT molecular complexity index is 528. The van der Waals surface area contributed by atoms with Crippen molar-refractivity contribution < 1.29 is 8.76 Å². The predicted octanol–water partition coefficient (Wildman–Crippen LogP) is 2.98. The Kier molecular flexibility index (Phi) is 3.33. The van der Waals surface area contributed by atoms with Gasteiger partial charge in [-0.15, -0.1) is 0 Å². The number of nitrogens with zero attached hydrogens (tertiary/aromatic N) is 1. The van der Waals surface area contributed by atoms with E-state index in [1.807, 2.05) is 6.07 Å². The molecule has 0 saturated carbocycles. The second-order valence-corrected chi connectivity index (χ2v) is 4.44. The molecule has 0 amide bonds. The van der Waals surface area contributed by atoms with E-state index in [1.165, 1.54) is 0 Å². The summed E-state index contributed by atoms with van der Waals surface area (Å²) in [7, 11) is 0. The van der Waals surface area contributed by atoms with Gasteiger partial charge in [0.2, 0.25) is 0 Å². The van der Waals surface area contributed by atoms with E-state index in [2.05, 4.69) is 4.98 Å². The zero-order valence-corrected chi connectivity index (χ0v) is 9.70. The van der Waals surface area contributed by atoms with Crippen LogP contribution in [0.25, 0.3) is 11.1 Å². The topological polar surface area (TPSA) is 50.2 Å². The predicted molar refractivity (Wildman–Crippen MR) is 63.7 cm³/mol. The summed E-state index contributed by atoms with van der Waals surface area (Å²) in [6.45, 7) is 0. The van der Waals surface area contributed by atoms with E-state index >= 15 is 0 Å². The Morgan fingerprint density at radius 2 is 1.88 bits per heavy atom. The van der Waals surface area contributed by atoms with Crippen molar-refractivity contribution in [2.75, 3.05) is 0 Å². The molecule has 2 rings (SSSR count). The first-order valence-electron chi connectivity index (χ1n) is 4.50. The van der Waals surface area contributed by atoms with Crippen LogP contribution >= 0.6 is 11.6 Å². The van der Waals surface area contributed by atoms with Crippen LogP contribution in [0, 0.1) is 0 Å². The van der Waals surface area contributed by atoms with Crippen LogP contribution in [-0.4, -0.2) is 13.7 Å². The minimum absolute atomic E-state index is 0.365. The molecule has 2 aromatic rings. The fourth-order valence-corrected chi connectivity index (χ4v) is 1.95. The van der Waals surface area contributed by atoms with Crippen molar-refractivity contribution in [3.63, 3.8) is 0 Å². The van der Waals surface area contributed by atoms with Gasteiger partial charge in [0.05, 0.1) is 4.90 Å². The van der Waals surface area contributed by atoms with Crippen LogP contribution < -0.4 is 0 Å². The summed E-state index contributed by atoms with van der Waals surface area (Å²) in [6, 6.07) is 10.3. The Hall–Kier alpha value is -1.23. The second-order valence-electron chi connectivity index (χ2n) is 3.12. The molecule has 1 heterocycles. The zero-order valence-electron chi connectivity index (χ0n) is 8.13. The SMILES string of the molecule is O=S(O)c1ccc(-c2cccnc2Cl)cc1. The molecule has 3 nitrogen and oxygen atoms in total. The second kappa shape index (κ2) is 4.74. The zero-order chi connectivity index (χ0) is 11.5. The average Bonchev–Trinajstić information content (AvgIpc) is 2.30. The molecule has 0 saturated heterocycles. The molecule has 1 N–H and O–H groups in total. The van der Waals surface area contributed by atoms with Crippen molar-refractivity contribution in [3.8, 4) is 11.1 Å². The summed E-state index contributed by atoms with van der Waals surface area (Å²) in [5, 5.41) is 0.417. The standard InChI is InChI=1S/C11H8ClNO2S/c12-11-10(2-1-7-13-11)8-3-5-9(6-4-8)16(14)15/h1-7H,(H,14,15). The highest BCUT2D eigenvalue weighted by Crippen LogP contribution is 2.26. The van der Waals surface area contributed by atoms with Gasteiger partial charge in [0.25, 0.3) is 0 Å². The van der Waals surface area contributed by atoms with Gasteiger partial charge in [-0.1, -0.05) is 23.7 Å². The number of aromatic nitrogens is 1. The van der Waals surface area contributed by atoms with Crippen molar-refractivity contribution in [2.45, 2.75) is 4.90 Å². The van der Waals surface area contributed by atoms with E-state index in [4.69, 9.17) is 16.2 Å². The third-order valence-corrected chi connectivity index (χ3v) is 3.10. The van der Waals surface area contributed by atoms with Gasteiger partial charge in [0, 0.05) is 11.8 Å². The number of halogens is 1. The molecule has 0 radical (unpaired) electrons. The minimum atomic E-state index is -1.95. The number of rotatable bonds is 2. The number of pyridine rings is 1. The first-order valence-corrected chi connectivity index (χ1v) is 5.99. The first kappa shape index (κ1) is 11.3. The summed E-state index contributed by atoms with van der Waals surface area (Å²) in [6.07, 6.45) is 1.61. The van der Waals surface area contributed by atoms with E-state index in [0.717, 1.165) is 11.1 Å². The molecule has 0 bridgehead atoms. The highest BCUT2D eigenvalue weighted by atomic mass is 35.5. The first-order chi connectivity index (χ1) is 7.68. The lowest BCUT2D eigenvalue weighted by molar-refractivity contribution is 0.564. The minimum Gasteiger partial charge on any atom is -0.302 e. The summed E-state index contributed by atoms with van der Waals surface area (Å²) >= 11 is 3.99. The van der Waals surface area contributed by atoms with Crippen LogP contribution in [0.4, 0.5) is 0 Å². The molecule has 0 aliphatic heterocycles. The smallest absolute Gasteiger partial charge is 0.186 e. The molecule has 1 atom stereocenters. The Morgan fingerprint density at radius 3 is 2.44 bits per heavy atom. The third-order valence-electron chi connectivity index (χ3n) is 2.13. The Balaban J connectivity index is 2.43. The molecule has 0 fully saturated rings. The van der Waals surface area contributed by atoms with Gasteiger partial charge in [0.15, 0.2) is 11.1 Å². The molecule has 82 valence electrons. The molecule has 1 aromatic heterocycles. The van der Waals surface area contributed by atoms with Crippen LogP contribution in [0.3, 0.4) is 0 Å². The van der Waals surface area contributed by atoms with Gasteiger partial charge >= 0.3 is 0 Å². The van der Waals surface area contributed by atoms with E-state index in [9.17, 15) is 4.21 Å². The van der Waals surface area contributed by atoms with Crippen molar-refractivity contribution in [3.05, 3.63) is 47.7 Å². The largest absolute Gasteiger partial charge is 0.302 e. The van der Waals surface area contributed by atoms with Gasteiger partial charge in [-0.05, 0) is 29.8 Å². The maximum absolute atomic E-state index is 10.8. The van der Waals surface area contributed by atoms with E-state index < -0.39 is 11.1 Å². The van der Waals surface area contributed by atoms with E-state index in [-0.39, 0.29) is 0 Å². The fraction of sp³-hybridized carbons (Fsp3) is 0. The van der Waals surface area contributed by atoms with Crippen LogP contribution in [0.15, 0.2) is 47.5 Å². The normalized spacial score (nSPS) is 12.4. The lowest BCUT2D eigenvalue weighted by Gasteiger charge is -2.03. The summed E-state index contributed by atoms with van der Waals surface area (Å²) < 4.78 is 19.7. The fourth-order valence-electron chi connectivity index (χ4n) is 1.35. The molecule has 0 aliphatic carbocycles. The van der Waals surface area contributed by atoms with Crippen molar-refractivity contribution in [2.24, 2.45) is 0 Å². The van der Waals surface area contributed by atoms with Crippen molar-refractivity contribution in [1.82, 2.24) is 4.98 Å². The Morgan fingerprint density at radius 1 is 1.19 bits per heavy atom. The van der Waals surface area contributed by atoms with Crippen molar-refractivity contribution in [1.29, 1.82) is 0 Å². The highest BCUT2D eigenvalue weighted by Gasteiger charge is 2.04. The number of hydrogen-bond acceptors (Lipinski definition) is 2. The molecule has 0 aliphatic rings. The van der Waals surface area contributed by atoms with Gasteiger partial charge < -0.3 is 4.55 Å². The molecule has 1 aromatic carbocycles. The molecule has 5 heteroatoms. The van der Waals surface area contributed by atoms with Crippen LogP contribution in [0.5, 0.6) is 0 Å². The lowest BCUT2D eigenvalue weighted by atomic mass is 10.1. The van der Waals surface area contributed by atoms with Crippen molar-refractivity contribution >= 4 is 22.7 Å². The van der Waals surface area contributed by atoms with Crippen LogP contribution in [0.1, 0.15) is 0 Å². The summed E-state index contributed by atoms with van der Waals surface area (Å²) in [5.74, 6) is 0. The van der Waals surface area contributed by atoms with Crippen LogP contribution in [0.2, 0.25) is 5.15 Å². The molecule has 1 unspecified atom stereocenters. The average molecular weight is 254 g/mol. The molecular weight excluding hydrogens is 246 g/mol. The maximum atomic E-state index is 10.8. The quantitative estimate of drug-likeness (QED) is 0.661. The van der Waals surface area contributed by atoms with Gasteiger partial charge in [-0.25, -0.2) is 9.19 Å². The molecular formula is C11H8ClNO2S. The summed E-state index contributed by atoms with van der Waals surface area (Å²) in [5.41, 5.74) is 1.67. The molecule has 16 heavy (non-hydrogen) atoms. The van der Waals surface area contributed by atoms with E-state index in [1.54, 1.807) is 36.5 Å². The lowest BCUT2D eigenvalue weighted by Crippen LogP contribution is -1.88. The van der Waals surface area contributed by atoms with Gasteiger partial charge in [0.1, 0.15) is 5.15 Å². The maximum Gasteiger partial charge on any atom is 0.186 e. The number of benzene rings is 1. The summed E-state index contributed by atoms with van der Waals surface area (Å²) in [4.78, 5) is 4.33. The third kappa shape index (κ3) is 2.29. The number of hydrogen-bond donors (Lipinski definition) is 1. The van der Waals surface area contributed by atoms with Gasteiger partial charge in [-0.2, -0.15) is 0 Å². The highest BCUT2D eigenvalue weighted by molar-refractivity contribution is 7.79. The Labute approximate surface area is 100 Å². The van der Waals surface area contributed by atoms with Gasteiger partial charge in [-0.3, -0.25) is 0 Å².